The van der Waals surface area contributed by atoms with E-state index in [2.05, 4.69) is 10.6 Å². The molecule has 4 atom stereocenters. The number of piperazine rings is 1. The minimum Gasteiger partial charge on any atom is -0.497 e. The predicted molar refractivity (Wildman–Crippen MR) is 189 cm³/mol. The summed E-state index contributed by atoms with van der Waals surface area (Å²) in [6.45, 7) is 6.71. The van der Waals surface area contributed by atoms with Gasteiger partial charge in [0.05, 0.1) is 19.1 Å². The summed E-state index contributed by atoms with van der Waals surface area (Å²) in [5.41, 5.74) is 1.34. The predicted octanol–water partition coefficient (Wildman–Crippen LogP) is 6.31. The van der Waals surface area contributed by atoms with Gasteiger partial charge in [0.15, 0.2) is 0 Å². The lowest BCUT2D eigenvalue weighted by Crippen LogP contribution is -2.58. The second-order valence-electron chi connectivity index (χ2n) is 12.7. The summed E-state index contributed by atoms with van der Waals surface area (Å²) < 4.78 is 54.7. The zero-order valence-electron chi connectivity index (χ0n) is 28.8. The van der Waals surface area contributed by atoms with Gasteiger partial charge in [0.1, 0.15) is 17.6 Å². The van der Waals surface area contributed by atoms with Crippen molar-refractivity contribution in [3.05, 3.63) is 88.7 Å². The van der Waals surface area contributed by atoms with Crippen LogP contribution in [0.25, 0.3) is 0 Å². The summed E-state index contributed by atoms with van der Waals surface area (Å²) in [6, 6.07) is 16.2. The molecule has 1 aliphatic rings. The van der Waals surface area contributed by atoms with Crippen molar-refractivity contribution in [2.75, 3.05) is 39.7 Å². The number of nitrogens with zero attached hydrogens (tertiary/aromatic N) is 2. The highest BCUT2D eigenvalue weighted by Crippen LogP contribution is 2.34. The first-order valence-electron chi connectivity index (χ1n) is 16.3. The molecule has 266 valence electrons. The van der Waals surface area contributed by atoms with Crippen molar-refractivity contribution in [1.82, 2.24) is 14.5 Å². The first-order chi connectivity index (χ1) is 23.3. The third-order valence-corrected chi connectivity index (χ3v) is 11.3. The number of hydrogen-bond acceptors (Lipinski definition) is 7. The van der Waals surface area contributed by atoms with Gasteiger partial charge in [0, 0.05) is 54.4 Å². The number of anilines is 1. The molecule has 1 aliphatic heterocycles. The van der Waals surface area contributed by atoms with Crippen LogP contribution in [0.1, 0.15) is 50.7 Å². The quantitative estimate of drug-likeness (QED) is 0.213. The van der Waals surface area contributed by atoms with Crippen LogP contribution >= 0.6 is 11.6 Å². The number of benzene rings is 3. The Labute approximate surface area is 294 Å². The number of rotatable bonds is 13. The van der Waals surface area contributed by atoms with Gasteiger partial charge >= 0.3 is 6.09 Å². The van der Waals surface area contributed by atoms with E-state index in [4.69, 9.17) is 21.1 Å². The van der Waals surface area contributed by atoms with Gasteiger partial charge in [0.2, 0.25) is 15.9 Å². The molecular weight excluding hydrogens is 671 g/mol. The van der Waals surface area contributed by atoms with Crippen molar-refractivity contribution >= 4 is 39.3 Å². The fourth-order valence-electron chi connectivity index (χ4n) is 6.66. The van der Waals surface area contributed by atoms with E-state index in [9.17, 15) is 18.0 Å². The van der Waals surface area contributed by atoms with Gasteiger partial charge in [-0.3, -0.25) is 9.69 Å². The maximum absolute atomic E-state index is 15.4. The Morgan fingerprint density at radius 3 is 2.41 bits per heavy atom. The van der Waals surface area contributed by atoms with Crippen LogP contribution in [0.4, 0.5) is 14.9 Å². The molecule has 1 saturated heterocycles. The van der Waals surface area contributed by atoms with Crippen LogP contribution in [0.2, 0.25) is 5.02 Å². The summed E-state index contributed by atoms with van der Waals surface area (Å²) in [7, 11) is 0.434. The Kier molecular flexibility index (Phi) is 13.1. The number of sulfonamides is 1. The highest BCUT2D eigenvalue weighted by Gasteiger charge is 2.39. The van der Waals surface area contributed by atoms with Crippen LogP contribution in [0.3, 0.4) is 0 Å². The molecule has 49 heavy (non-hydrogen) atoms. The normalized spacial score (nSPS) is 18.1. The lowest BCUT2D eigenvalue weighted by molar-refractivity contribution is -0.121. The average molecular weight is 717 g/mol. The van der Waals surface area contributed by atoms with Crippen molar-refractivity contribution < 1.29 is 31.9 Å². The minimum absolute atomic E-state index is 0.100. The number of methoxy groups -OCH3 is 2. The molecule has 1 fully saturated rings. The first-order valence-corrected chi connectivity index (χ1v) is 18.1. The molecule has 3 aromatic carbocycles. The Bertz CT molecular complexity index is 1710. The number of ether oxygens (including phenoxy) is 2. The molecule has 10 nitrogen and oxygen atoms in total. The average Bonchev–Trinajstić information content (AvgIpc) is 3.07. The molecule has 2 amide bonds. The molecule has 4 rings (SSSR count). The molecule has 3 aromatic rings. The highest BCUT2D eigenvalue weighted by atomic mass is 35.5. The number of carbonyl (C=O) groups is 2. The molecule has 1 heterocycles. The Balaban J connectivity index is 1.57. The molecule has 0 bridgehead atoms. The molecule has 0 saturated carbocycles. The van der Waals surface area contributed by atoms with Gasteiger partial charge in [-0.15, -0.1) is 0 Å². The lowest BCUT2D eigenvalue weighted by Gasteiger charge is -2.40. The van der Waals surface area contributed by atoms with Crippen LogP contribution in [-0.2, 0) is 26.0 Å². The van der Waals surface area contributed by atoms with Crippen molar-refractivity contribution in [2.45, 2.75) is 69.0 Å². The van der Waals surface area contributed by atoms with E-state index >= 15 is 4.39 Å². The van der Waals surface area contributed by atoms with Crippen LogP contribution in [0.15, 0.2) is 71.6 Å². The van der Waals surface area contributed by atoms with E-state index in [1.54, 1.807) is 40.7 Å². The summed E-state index contributed by atoms with van der Waals surface area (Å²) >= 11 is 6.31. The number of halogens is 2. The summed E-state index contributed by atoms with van der Waals surface area (Å²) in [4.78, 5) is 28.3. The fraction of sp³-hybridized carbons (Fsp3) is 0.444. The number of carbonyl (C=O) groups excluding carboxylic acids is 2. The van der Waals surface area contributed by atoms with Gasteiger partial charge < -0.3 is 20.1 Å². The highest BCUT2D eigenvalue weighted by molar-refractivity contribution is 7.89. The van der Waals surface area contributed by atoms with Crippen LogP contribution in [0.5, 0.6) is 5.75 Å². The van der Waals surface area contributed by atoms with E-state index in [0.29, 0.717) is 42.3 Å². The van der Waals surface area contributed by atoms with Crippen LogP contribution < -0.4 is 15.4 Å². The number of hydrogen-bond donors (Lipinski definition) is 2. The van der Waals surface area contributed by atoms with Crippen molar-refractivity contribution in [3.8, 4) is 5.75 Å². The molecule has 13 heteroatoms. The third-order valence-electron chi connectivity index (χ3n) is 9.03. The van der Waals surface area contributed by atoms with E-state index in [-0.39, 0.29) is 35.0 Å². The largest absolute Gasteiger partial charge is 0.497 e. The van der Waals surface area contributed by atoms with Gasteiger partial charge in [-0.2, -0.15) is 4.31 Å². The Hall–Kier alpha value is -3.71. The van der Waals surface area contributed by atoms with E-state index in [1.807, 2.05) is 26.8 Å². The maximum Gasteiger partial charge on any atom is 0.409 e. The monoisotopic (exact) mass is 716 g/mol. The molecule has 0 spiro atoms. The zero-order valence-corrected chi connectivity index (χ0v) is 30.4. The van der Waals surface area contributed by atoms with Crippen LogP contribution in [0, 0.1) is 11.7 Å². The minimum atomic E-state index is -3.82. The summed E-state index contributed by atoms with van der Waals surface area (Å²) in [6.07, 6.45) is 0.437. The first kappa shape index (κ1) is 38.1. The Morgan fingerprint density at radius 2 is 1.78 bits per heavy atom. The molecule has 0 aliphatic carbocycles. The number of amides is 2. The zero-order chi connectivity index (χ0) is 35.9. The lowest BCUT2D eigenvalue weighted by atomic mass is 9.81. The third kappa shape index (κ3) is 8.91. The van der Waals surface area contributed by atoms with Gasteiger partial charge in [-0.25, -0.2) is 17.6 Å². The fourth-order valence-corrected chi connectivity index (χ4v) is 8.71. The molecule has 0 radical (unpaired) electrons. The second-order valence-corrected chi connectivity index (χ2v) is 14.9. The smallest absolute Gasteiger partial charge is 0.409 e. The molecule has 2 N–H and O–H groups in total. The molecule has 4 unspecified atom stereocenters. The van der Waals surface area contributed by atoms with E-state index in [0.717, 1.165) is 5.56 Å². The topological polar surface area (TPSA) is 117 Å². The van der Waals surface area contributed by atoms with Crippen molar-refractivity contribution in [2.24, 2.45) is 5.92 Å². The van der Waals surface area contributed by atoms with Crippen molar-refractivity contribution in [1.29, 1.82) is 0 Å². The maximum atomic E-state index is 15.4. The number of nitrogens with one attached hydrogen (secondary N) is 2. The van der Waals surface area contributed by atoms with Crippen LogP contribution in [-0.4, -0.2) is 82.1 Å². The standard InChI is InChI=1S/C36H46ClFN4O6S/c1-23(2)33(25-10-7-11-26(37)20-25)34(41(4)36(44)48-6)35(43)40-32-15-9-14-31(38)30(32)13-8-12-27-22-39-21-24(3)42(27)49(45,46)29-18-16-28(47-5)17-19-29/h7,9-11,14-20,23-24,27,33-34,39H,8,12-13,21-22H2,1-6H3,(H,40,43). The van der Waals surface area contributed by atoms with E-state index in [1.165, 1.54) is 50.4 Å². The van der Waals surface area contributed by atoms with Gasteiger partial charge in [0.25, 0.3) is 0 Å². The van der Waals surface area contributed by atoms with Gasteiger partial charge in [-0.1, -0.05) is 43.6 Å². The summed E-state index contributed by atoms with van der Waals surface area (Å²) in [5.74, 6) is -1.02. The Morgan fingerprint density at radius 1 is 1.08 bits per heavy atom. The number of likely N-dealkylation sites (N-methyl/N-ethyl adjacent to an activating group) is 1. The van der Waals surface area contributed by atoms with E-state index < -0.39 is 39.8 Å². The SMILES string of the molecule is COC(=O)N(C)C(C(=O)Nc1cccc(F)c1CCCC1CNCC(C)N1S(=O)(=O)c1ccc(OC)cc1)C(c1cccc(Cl)c1)C(C)C. The molecule has 0 aromatic heterocycles. The molecular formula is C36H46ClFN4O6S. The summed E-state index contributed by atoms with van der Waals surface area (Å²) in [5, 5.41) is 6.71. The van der Waals surface area contributed by atoms with Crippen molar-refractivity contribution in [3.63, 3.8) is 0 Å². The van der Waals surface area contributed by atoms with Gasteiger partial charge in [-0.05, 0) is 86.2 Å². The second kappa shape index (κ2) is 16.8.